The Labute approximate surface area is 204 Å². The lowest BCUT2D eigenvalue weighted by Gasteiger charge is -2.14. The molecule has 35 heavy (non-hydrogen) atoms. The van der Waals surface area contributed by atoms with E-state index in [-0.39, 0.29) is 12.3 Å². The first-order valence-electron chi connectivity index (χ1n) is 11.5. The van der Waals surface area contributed by atoms with Crippen molar-refractivity contribution in [2.45, 2.75) is 31.8 Å². The lowest BCUT2D eigenvalue weighted by Crippen LogP contribution is -2.11. The third-order valence-electron chi connectivity index (χ3n) is 5.56. The molecule has 0 aliphatic carbocycles. The highest BCUT2D eigenvalue weighted by atomic mass is 16.7. The number of nitrogens with zero attached hydrogens (tertiary/aromatic N) is 3. The zero-order valence-corrected chi connectivity index (χ0v) is 19.3. The van der Waals surface area contributed by atoms with E-state index >= 15 is 0 Å². The van der Waals surface area contributed by atoms with Crippen LogP contribution in [0.1, 0.15) is 45.9 Å². The molecule has 3 aromatic carbocycles. The van der Waals surface area contributed by atoms with Gasteiger partial charge in [-0.05, 0) is 52.9 Å². The largest absolute Gasteiger partial charge is 0.489 e. The van der Waals surface area contributed by atoms with Crippen LogP contribution in [0.3, 0.4) is 0 Å². The Hall–Kier alpha value is -3.84. The van der Waals surface area contributed by atoms with Gasteiger partial charge in [0.25, 0.3) is 0 Å². The molecule has 0 N–H and O–H groups in total. The molecule has 0 spiro atoms. The second-order valence-corrected chi connectivity index (χ2v) is 8.03. The summed E-state index contributed by atoms with van der Waals surface area (Å²) in [6.07, 6.45) is 1.21. The van der Waals surface area contributed by atoms with Gasteiger partial charge < -0.3 is 18.9 Å². The average Bonchev–Trinajstić information content (AvgIpc) is 3.43. The molecule has 8 nitrogen and oxygen atoms in total. The molecule has 0 amide bonds. The van der Waals surface area contributed by atoms with Crippen molar-refractivity contribution in [3.05, 3.63) is 112 Å². The van der Waals surface area contributed by atoms with Crippen LogP contribution in [0.2, 0.25) is 0 Å². The second kappa shape index (κ2) is 12.6. The lowest BCUT2D eigenvalue weighted by atomic mass is 9.99. The van der Waals surface area contributed by atoms with Crippen molar-refractivity contribution in [3.63, 3.8) is 0 Å². The zero-order valence-electron chi connectivity index (χ0n) is 19.3. The maximum Gasteiger partial charge on any atom is 0.338 e. The average molecular weight is 474 g/mol. The van der Waals surface area contributed by atoms with Gasteiger partial charge in [-0.3, -0.25) is 0 Å². The van der Waals surface area contributed by atoms with Gasteiger partial charge in [0, 0.05) is 11.3 Å². The summed E-state index contributed by atoms with van der Waals surface area (Å²) in [6.45, 7) is 1.90. The molecule has 8 heteroatoms. The number of esters is 1. The van der Waals surface area contributed by atoms with E-state index in [4.69, 9.17) is 24.5 Å². The highest BCUT2D eigenvalue weighted by Gasteiger charge is 2.16. The van der Waals surface area contributed by atoms with E-state index in [9.17, 15) is 4.79 Å². The Kier molecular flexibility index (Phi) is 8.73. The van der Waals surface area contributed by atoms with Gasteiger partial charge in [0.05, 0.1) is 31.4 Å². The predicted molar refractivity (Wildman–Crippen MR) is 130 cm³/mol. The third-order valence-corrected chi connectivity index (χ3v) is 5.56. The third kappa shape index (κ3) is 7.07. The molecule has 3 aromatic rings. The molecule has 1 aliphatic heterocycles. The van der Waals surface area contributed by atoms with Crippen LogP contribution >= 0.6 is 0 Å². The molecule has 0 aromatic heterocycles. The topological polar surface area (TPSA) is 103 Å². The Morgan fingerprint density at radius 1 is 1.00 bits per heavy atom. The smallest absolute Gasteiger partial charge is 0.338 e. The molecule has 180 valence electrons. The number of rotatable bonds is 11. The van der Waals surface area contributed by atoms with Crippen LogP contribution in [0.4, 0.5) is 0 Å². The molecule has 0 bridgehead atoms. The molecule has 1 atom stereocenters. The van der Waals surface area contributed by atoms with Crippen molar-refractivity contribution in [1.29, 1.82) is 0 Å². The zero-order chi connectivity index (χ0) is 24.3. The number of carbonyl (C=O) groups excluding carboxylic acids is 1. The van der Waals surface area contributed by atoms with Crippen LogP contribution in [0.5, 0.6) is 5.75 Å². The van der Waals surface area contributed by atoms with Crippen LogP contribution < -0.4 is 4.74 Å². The first-order chi connectivity index (χ1) is 17.2. The number of carbonyl (C=O) groups is 1. The Morgan fingerprint density at radius 2 is 1.74 bits per heavy atom. The van der Waals surface area contributed by atoms with Crippen molar-refractivity contribution < 1.29 is 23.7 Å². The van der Waals surface area contributed by atoms with Crippen molar-refractivity contribution in [3.8, 4) is 5.75 Å². The van der Waals surface area contributed by atoms with Crippen LogP contribution in [-0.4, -0.2) is 32.1 Å². The number of hydrogen-bond acceptors (Lipinski definition) is 6. The summed E-state index contributed by atoms with van der Waals surface area (Å²) >= 11 is 0. The monoisotopic (exact) mass is 473 g/mol. The summed E-state index contributed by atoms with van der Waals surface area (Å²) in [7, 11) is 0. The van der Waals surface area contributed by atoms with Gasteiger partial charge >= 0.3 is 5.97 Å². The molecule has 1 unspecified atom stereocenters. The fourth-order valence-corrected chi connectivity index (χ4v) is 3.76. The Bertz CT molecular complexity index is 1140. The van der Waals surface area contributed by atoms with Gasteiger partial charge in [-0.2, -0.15) is 0 Å². The minimum absolute atomic E-state index is 0.183. The van der Waals surface area contributed by atoms with Gasteiger partial charge in [0.2, 0.25) is 0 Å². The fourth-order valence-electron chi connectivity index (χ4n) is 3.76. The van der Waals surface area contributed by atoms with E-state index in [0.717, 1.165) is 16.7 Å². The molecule has 0 radical (unpaired) electrons. The number of azide groups is 1. The van der Waals surface area contributed by atoms with Gasteiger partial charge in [-0.1, -0.05) is 59.7 Å². The number of ether oxygens (including phenoxy) is 4. The van der Waals surface area contributed by atoms with Crippen molar-refractivity contribution in [2.24, 2.45) is 5.11 Å². The summed E-state index contributed by atoms with van der Waals surface area (Å²) in [5.41, 5.74) is 12.2. The molecule has 1 fully saturated rings. The summed E-state index contributed by atoms with van der Waals surface area (Å²) in [4.78, 5) is 15.3. The minimum atomic E-state index is -0.437. The first kappa shape index (κ1) is 24.3. The van der Waals surface area contributed by atoms with Crippen LogP contribution in [0.15, 0.2) is 84.0 Å². The van der Waals surface area contributed by atoms with Crippen molar-refractivity contribution in [1.82, 2.24) is 0 Å². The standard InChI is InChI=1S/C27H27N3O5/c28-30-29-26(21-6-2-1-3-7-21)23-8-4-9-24(18-23)35-19-20-11-13-22(14-12-20)27(31)34-15-5-10-25-32-16-17-33-25/h1-4,6-9,11-14,18,25-26H,5,10,15-17,19H2. The lowest BCUT2D eigenvalue weighted by molar-refractivity contribution is -0.0505. The van der Waals surface area contributed by atoms with Gasteiger partial charge in [0.15, 0.2) is 6.29 Å². The Morgan fingerprint density at radius 3 is 2.49 bits per heavy atom. The maximum atomic E-state index is 12.3. The second-order valence-electron chi connectivity index (χ2n) is 8.03. The summed E-state index contributed by atoms with van der Waals surface area (Å²) in [5.74, 6) is 0.304. The van der Waals surface area contributed by atoms with E-state index < -0.39 is 6.04 Å². The number of hydrogen-bond donors (Lipinski definition) is 0. The summed E-state index contributed by atoms with van der Waals surface area (Å²) in [5, 5.41) is 3.97. The SMILES string of the molecule is [N-]=[N+]=NC(c1ccccc1)c1cccc(OCc2ccc(C(=O)OCCCC3OCCO3)cc2)c1. The van der Waals surface area contributed by atoms with Gasteiger partial charge in [-0.15, -0.1) is 0 Å². The predicted octanol–water partition coefficient (Wildman–Crippen LogP) is 5.98. The molecule has 0 saturated carbocycles. The molecule has 1 heterocycles. The summed E-state index contributed by atoms with van der Waals surface area (Å²) < 4.78 is 22.0. The fraction of sp³-hybridized carbons (Fsp3) is 0.296. The van der Waals surface area contributed by atoms with Crippen molar-refractivity contribution >= 4 is 5.97 Å². The van der Waals surface area contributed by atoms with Crippen LogP contribution in [-0.2, 0) is 20.8 Å². The van der Waals surface area contributed by atoms with Gasteiger partial charge in [-0.25, -0.2) is 4.79 Å². The molecular formula is C27H27N3O5. The highest BCUT2D eigenvalue weighted by molar-refractivity contribution is 5.89. The summed E-state index contributed by atoms with van der Waals surface area (Å²) in [6, 6.07) is 23.8. The van der Waals surface area contributed by atoms with Crippen LogP contribution in [0, 0.1) is 0 Å². The van der Waals surface area contributed by atoms with E-state index in [0.29, 0.717) is 50.6 Å². The molecule has 1 aliphatic rings. The van der Waals surface area contributed by atoms with Gasteiger partial charge in [0.1, 0.15) is 12.4 Å². The first-order valence-corrected chi connectivity index (χ1v) is 11.5. The highest BCUT2D eigenvalue weighted by Crippen LogP contribution is 2.29. The van der Waals surface area contributed by atoms with E-state index in [2.05, 4.69) is 10.0 Å². The van der Waals surface area contributed by atoms with E-state index in [1.165, 1.54) is 0 Å². The number of benzene rings is 3. The minimum Gasteiger partial charge on any atom is -0.489 e. The molecular weight excluding hydrogens is 446 g/mol. The van der Waals surface area contributed by atoms with Crippen molar-refractivity contribution in [2.75, 3.05) is 19.8 Å². The van der Waals surface area contributed by atoms with Crippen LogP contribution in [0.25, 0.3) is 10.4 Å². The molecule has 1 saturated heterocycles. The normalized spacial score (nSPS) is 14.2. The maximum absolute atomic E-state index is 12.3. The van der Waals surface area contributed by atoms with E-state index in [1.807, 2.05) is 66.7 Å². The molecule has 4 rings (SSSR count). The Balaban J connectivity index is 1.29. The quantitative estimate of drug-likeness (QED) is 0.112. The van der Waals surface area contributed by atoms with E-state index in [1.54, 1.807) is 12.1 Å².